The van der Waals surface area contributed by atoms with Crippen LogP contribution in [0, 0.1) is 5.41 Å². The van der Waals surface area contributed by atoms with Gasteiger partial charge < -0.3 is 20.3 Å². The second kappa shape index (κ2) is 14.3. The zero-order valence-electron chi connectivity index (χ0n) is 31.1. The van der Waals surface area contributed by atoms with E-state index < -0.39 is 29.7 Å². The summed E-state index contributed by atoms with van der Waals surface area (Å²) >= 11 is 0. The number of primary amides is 1. The molecule has 9 rings (SSSR count). The van der Waals surface area contributed by atoms with Gasteiger partial charge in [-0.3, -0.25) is 39.2 Å². The Morgan fingerprint density at radius 2 is 1.48 bits per heavy atom. The van der Waals surface area contributed by atoms with Gasteiger partial charge in [0, 0.05) is 48.4 Å². The van der Waals surface area contributed by atoms with Crippen molar-refractivity contribution in [2.75, 3.05) is 31.1 Å². The van der Waals surface area contributed by atoms with Gasteiger partial charge in [0.1, 0.15) is 17.5 Å². The molecule has 56 heavy (non-hydrogen) atoms. The van der Waals surface area contributed by atoms with Crippen LogP contribution in [0.4, 0.5) is 5.69 Å². The van der Waals surface area contributed by atoms with Crippen LogP contribution in [0.1, 0.15) is 94.1 Å². The maximum Gasteiger partial charge on any atom is 0.262 e. The standard InChI is InChI=1S/C44H44N6O6/c45-40(52)34-12-13-36(46-39(34)28-6-9-32(10-7-28)56-31-4-2-1-3-5-31)27-16-20-48(21-17-27)30-25-44(26-30)18-22-49(23-19-44)29-8-11-33-35(24-29)43(55)50(42(33)54)37-14-15-38(51)47-41(37)53/h1-13,24,27,30,37H,14-23,25-26H2,(H2,45,52)(H,47,51,53). The van der Waals surface area contributed by atoms with E-state index in [0.29, 0.717) is 45.5 Å². The summed E-state index contributed by atoms with van der Waals surface area (Å²) in [5, 5.41) is 2.25. The molecule has 0 bridgehead atoms. The maximum absolute atomic E-state index is 13.4. The van der Waals surface area contributed by atoms with Gasteiger partial charge in [0.05, 0.1) is 22.4 Å². The van der Waals surface area contributed by atoms with Crippen molar-refractivity contribution in [3.05, 3.63) is 107 Å². The molecule has 1 aromatic heterocycles. The molecule has 286 valence electrons. The molecule has 4 fully saturated rings. The van der Waals surface area contributed by atoms with E-state index in [9.17, 15) is 24.0 Å². The van der Waals surface area contributed by atoms with Gasteiger partial charge in [-0.1, -0.05) is 18.2 Å². The number of piperidine rings is 3. The number of para-hydroxylation sites is 1. The Bertz CT molecular complexity index is 2220. The van der Waals surface area contributed by atoms with Crippen molar-refractivity contribution >= 4 is 35.2 Å². The van der Waals surface area contributed by atoms with E-state index in [4.69, 9.17) is 15.5 Å². The number of anilines is 1. The van der Waals surface area contributed by atoms with E-state index in [-0.39, 0.29) is 18.7 Å². The largest absolute Gasteiger partial charge is 0.457 e. The topological polar surface area (TPSA) is 155 Å². The summed E-state index contributed by atoms with van der Waals surface area (Å²) in [5.74, 6) is -0.688. The summed E-state index contributed by atoms with van der Waals surface area (Å²) in [6.45, 7) is 3.78. The molecule has 4 aliphatic heterocycles. The minimum absolute atomic E-state index is 0.0967. The molecule has 0 radical (unpaired) electrons. The number of nitrogens with one attached hydrogen (secondary N) is 1. The van der Waals surface area contributed by atoms with E-state index in [1.165, 1.54) is 12.8 Å². The lowest BCUT2D eigenvalue weighted by molar-refractivity contribution is -0.136. The third-order valence-corrected chi connectivity index (χ3v) is 12.7. The number of rotatable bonds is 8. The molecular formula is C44H44N6O6. The molecule has 1 spiro atoms. The van der Waals surface area contributed by atoms with Crippen LogP contribution in [0.15, 0.2) is 84.9 Å². The Morgan fingerprint density at radius 3 is 2.18 bits per heavy atom. The van der Waals surface area contributed by atoms with Gasteiger partial charge in [0.15, 0.2) is 0 Å². The lowest BCUT2D eigenvalue weighted by atomic mass is 9.59. The van der Waals surface area contributed by atoms with Gasteiger partial charge in [0.25, 0.3) is 17.7 Å². The van der Waals surface area contributed by atoms with Crippen LogP contribution < -0.4 is 20.7 Å². The molecule has 1 saturated carbocycles. The number of likely N-dealkylation sites (tertiary alicyclic amines) is 1. The molecule has 1 unspecified atom stereocenters. The molecule has 5 aliphatic rings. The van der Waals surface area contributed by atoms with Crippen molar-refractivity contribution in [2.45, 2.75) is 69.4 Å². The highest BCUT2D eigenvalue weighted by molar-refractivity contribution is 6.23. The highest BCUT2D eigenvalue weighted by Gasteiger charge is 2.49. The monoisotopic (exact) mass is 752 g/mol. The Kier molecular flexibility index (Phi) is 9.15. The fourth-order valence-corrected chi connectivity index (χ4v) is 9.49. The molecule has 1 atom stereocenters. The number of fused-ring (bicyclic) bond motifs is 1. The Morgan fingerprint density at radius 1 is 0.786 bits per heavy atom. The van der Waals surface area contributed by atoms with Crippen molar-refractivity contribution < 1.29 is 28.7 Å². The Hall–Kier alpha value is -5.88. The normalized spacial score (nSPS) is 21.5. The van der Waals surface area contributed by atoms with Crippen LogP contribution >= 0.6 is 0 Å². The summed E-state index contributed by atoms with van der Waals surface area (Å²) in [6, 6.07) is 26.0. The minimum atomic E-state index is -0.967. The summed E-state index contributed by atoms with van der Waals surface area (Å²) in [6.07, 6.45) is 6.76. The highest BCUT2D eigenvalue weighted by Crippen LogP contribution is 2.52. The number of nitrogens with two attached hydrogens (primary N) is 1. The number of hydrogen-bond acceptors (Lipinski definition) is 9. The van der Waals surface area contributed by atoms with Gasteiger partial charge in [-0.05, 0) is 130 Å². The molecule has 4 aromatic rings. The first-order chi connectivity index (χ1) is 27.1. The zero-order chi connectivity index (χ0) is 38.6. The first-order valence-electron chi connectivity index (χ1n) is 19.6. The number of aromatic nitrogens is 1. The molecule has 3 saturated heterocycles. The molecule has 12 nitrogen and oxygen atoms in total. The molecule has 1 aliphatic carbocycles. The Balaban J connectivity index is 0.785. The second-order valence-corrected chi connectivity index (χ2v) is 16.0. The number of ether oxygens (including phenoxy) is 1. The van der Waals surface area contributed by atoms with Crippen LogP contribution in [0.3, 0.4) is 0 Å². The van der Waals surface area contributed by atoms with E-state index in [0.717, 1.165) is 79.5 Å². The number of pyridine rings is 1. The van der Waals surface area contributed by atoms with E-state index in [1.807, 2.05) is 72.8 Å². The number of imide groups is 2. The van der Waals surface area contributed by atoms with Crippen LogP contribution in [0.5, 0.6) is 11.5 Å². The van der Waals surface area contributed by atoms with Crippen molar-refractivity contribution in [3.8, 4) is 22.8 Å². The summed E-state index contributed by atoms with van der Waals surface area (Å²) in [7, 11) is 0. The molecule has 3 N–H and O–H groups in total. The lowest BCUT2D eigenvalue weighted by Crippen LogP contribution is -2.56. The number of nitrogens with zero attached hydrogens (tertiary/aromatic N) is 4. The van der Waals surface area contributed by atoms with Crippen LogP contribution in [0.2, 0.25) is 0 Å². The highest BCUT2D eigenvalue weighted by atomic mass is 16.5. The fraction of sp³-hybridized carbons (Fsp3) is 0.364. The van der Waals surface area contributed by atoms with Crippen molar-refractivity contribution in [1.82, 2.24) is 20.1 Å². The van der Waals surface area contributed by atoms with E-state index >= 15 is 0 Å². The average Bonchev–Trinajstić information content (AvgIpc) is 3.45. The molecular weight excluding hydrogens is 709 g/mol. The van der Waals surface area contributed by atoms with Gasteiger partial charge in [-0.2, -0.15) is 0 Å². The number of amides is 5. The van der Waals surface area contributed by atoms with Crippen LogP contribution in [-0.4, -0.2) is 82.6 Å². The smallest absolute Gasteiger partial charge is 0.262 e. The third-order valence-electron chi connectivity index (χ3n) is 12.7. The molecule has 5 amide bonds. The van der Waals surface area contributed by atoms with Crippen molar-refractivity contribution in [2.24, 2.45) is 11.1 Å². The summed E-state index contributed by atoms with van der Waals surface area (Å²) < 4.78 is 5.96. The second-order valence-electron chi connectivity index (χ2n) is 16.0. The predicted octanol–water partition coefficient (Wildman–Crippen LogP) is 5.67. The van der Waals surface area contributed by atoms with E-state index in [1.54, 1.807) is 12.1 Å². The first-order valence-corrected chi connectivity index (χ1v) is 19.6. The van der Waals surface area contributed by atoms with Crippen LogP contribution in [-0.2, 0) is 9.59 Å². The Labute approximate surface area is 325 Å². The number of carbonyl (C=O) groups is 5. The van der Waals surface area contributed by atoms with Gasteiger partial charge >= 0.3 is 0 Å². The number of carbonyl (C=O) groups excluding carboxylic acids is 5. The van der Waals surface area contributed by atoms with Gasteiger partial charge in [-0.25, -0.2) is 0 Å². The summed E-state index contributed by atoms with van der Waals surface area (Å²) in [4.78, 5) is 74.1. The van der Waals surface area contributed by atoms with Crippen molar-refractivity contribution in [3.63, 3.8) is 0 Å². The molecule has 3 aromatic carbocycles. The summed E-state index contributed by atoms with van der Waals surface area (Å²) in [5.41, 5.74) is 10.5. The average molecular weight is 753 g/mol. The SMILES string of the molecule is NC(=O)c1ccc(C2CCN(C3CC4(CCN(c5ccc6c(c5)C(=O)N(C5CCC(=O)NC5=O)C6=O)CC4)C3)CC2)nc1-c1ccc(Oc2ccccc2)cc1. The first kappa shape index (κ1) is 35.8. The zero-order valence-corrected chi connectivity index (χ0v) is 31.1. The van der Waals surface area contributed by atoms with Crippen LogP contribution in [0.25, 0.3) is 11.3 Å². The lowest BCUT2D eigenvalue weighted by Gasteiger charge is -2.56. The van der Waals surface area contributed by atoms with E-state index in [2.05, 4.69) is 15.1 Å². The molecule has 12 heteroatoms. The van der Waals surface area contributed by atoms with Crippen molar-refractivity contribution in [1.29, 1.82) is 0 Å². The third kappa shape index (κ3) is 6.61. The van der Waals surface area contributed by atoms with Gasteiger partial charge in [-0.15, -0.1) is 0 Å². The minimum Gasteiger partial charge on any atom is -0.457 e. The quantitative estimate of drug-likeness (QED) is 0.217. The van der Waals surface area contributed by atoms with Gasteiger partial charge in [0.2, 0.25) is 11.8 Å². The number of hydrogen-bond donors (Lipinski definition) is 2. The number of benzene rings is 3. The predicted molar refractivity (Wildman–Crippen MR) is 208 cm³/mol. The maximum atomic E-state index is 13.4. The fourth-order valence-electron chi connectivity index (χ4n) is 9.49. The molecule has 5 heterocycles.